The first-order valence-corrected chi connectivity index (χ1v) is 7.92. The van der Waals surface area contributed by atoms with Gasteiger partial charge in [-0.15, -0.1) is 0 Å². The Morgan fingerprint density at radius 2 is 1.89 bits per heavy atom. The largest absolute Gasteiger partial charge is 0.345 e. The summed E-state index contributed by atoms with van der Waals surface area (Å²) >= 11 is 0. The number of carbonyl (C=O) groups is 1. The Hall–Kier alpha value is -0.570. The van der Waals surface area contributed by atoms with Crippen molar-refractivity contribution in [2.24, 2.45) is 28.4 Å². The molecule has 2 atom stereocenters. The van der Waals surface area contributed by atoms with E-state index in [0.29, 0.717) is 17.9 Å². The van der Waals surface area contributed by atoms with Gasteiger partial charge in [-0.1, -0.05) is 6.92 Å². The third kappa shape index (κ3) is 2.20. The molecular weight excluding hydrogens is 236 g/mol. The topological polar surface area (TPSA) is 46.3 Å². The van der Waals surface area contributed by atoms with Gasteiger partial charge in [0.15, 0.2) is 0 Å². The smallest absolute Gasteiger partial charge is 0.228 e. The highest BCUT2D eigenvalue weighted by atomic mass is 16.2. The summed E-state index contributed by atoms with van der Waals surface area (Å²) in [5.41, 5.74) is 6.01. The summed E-state index contributed by atoms with van der Waals surface area (Å²) < 4.78 is 0. The van der Waals surface area contributed by atoms with Crippen molar-refractivity contribution in [2.75, 3.05) is 20.1 Å². The van der Waals surface area contributed by atoms with Gasteiger partial charge in [0, 0.05) is 13.6 Å². The van der Waals surface area contributed by atoms with Gasteiger partial charge in [-0.3, -0.25) is 4.79 Å². The van der Waals surface area contributed by atoms with Crippen LogP contribution in [0.15, 0.2) is 0 Å². The molecule has 4 aliphatic rings. The monoisotopic (exact) mass is 264 g/mol. The van der Waals surface area contributed by atoms with Crippen LogP contribution >= 0.6 is 0 Å². The van der Waals surface area contributed by atoms with Gasteiger partial charge in [0.25, 0.3) is 0 Å². The minimum Gasteiger partial charge on any atom is -0.345 e. The molecule has 108 valence electrons. The second kappa shape index (κ2) is 4.47. The molecule has 3 heteroatoms. The number of hydrogen-bond donors (Lipinski definition) is 1. The Morgan fingerprint density at radius 3 is 2.42 bits per heavy atom. The molecule has 0 aromatic heterocycles. The van der Waals surface area contributed by atoms with Crippen molar-refractivity contribution in [3.8, 4) is 0 Å². The van der Waals surface area contributed by atoms with Crippen LogP contribution in [0.4, 0.5) is 0 Å². The molecule has 0 saturated heterocycles. The van der Waals surface area contributed by atoms with Gasteiger partial charge in [-0.2, -0.15) is 0 Å². The molecule has 1 amide bonds. The molecule has 0 aromatic carbocycles. The third-order valence-corrected chi connectivity index (χ3v) is 5.85. The number of nitrogens with two attached hydrogens (primary N) is 1. The van der Waals surface area contributed by atoms with Crippen LogP contribution in [-0.2, 0) is 4.79 Å². The number of carbonyl (C=O) groups excluding carboxylic acids is 1. The van der Waals surface area contributed by atoms with Crippen LogP contribution in [0, 0.1) is 22.7 Å². The van der Waals surface area contributed by atoms with Crippen molar-refractivity contribution >= 4 is 5.91 Å². The highest BCUT2D eigenvalue weighted by Crippen LogP contribution is 2.65. The summed E-state index contributed by atoms with van der Waals surface area (Å²) in [4.78, 5) is 14.9. The van der Waals surface area contributed by atoms with Crippen molar-refractivity contribution < 1.29 is 4.79 Å². The van der Waals surface area contributed by atoms with E-state index < -0.39 is 0 Å². The second-order valence-corrected chi connectivity index (χ2v) is 7.92. The lowest BCUT2D eigenvalue weighted by Crippen LogP contribution is -2.57. The van der Waals surface area contributed by atoms with Crippen molar-refractivity contribution in [2.45, 2.75) is 51.9 Å². The van der Waals surface area contributed by atoms with Gasteiger partial charge in [-0.05, 0) is 68.7 Å². The fraction of sp³-hybridized carbons (Fsp3) is 0.938. The first-order chi connectivity index (χ1) is 8.96. The Bertz CT molecular complexity index is 365. The van der Waals surface area contributed by atoms with E-state index in [4.69, 9.17) is 5.73 Å². The van der Waals surface area contributed by atoms with Crippen LogP contribution < -0.4 is 5.73 Å². The maximum atomic E-state index is 12.9. The summed E-state index contributed by atoms with van der Waals surface area (Å²) in [6, 6.07) is 0. The number of rotatable bonds is 4. The van der Waals surface area contributed by atoms with E-state index >= 15 is 0 Å². The zero-order chi connectivity index (χ0) is 13.7. The quantitative estimate of drug-likeness (QED) is 0.847. The first-order valence-electron chi connectivity index (χ1n) is 7.92. The van der Waals surface area contributed by atoms with Gasteiger partial charge in [-0.25, -0.2) is 0 Å². The third-order valence-electron chi connectivity index (χ3n) is 5.85. The zero-order valence-electron chi connectivity index (χ0n) is 12.5. The van der Waals surface area contributed by atoms with Crippen molar-refractivity contribution in [3.63, 3.8) is 0 Å². The summed E-state index contributed by atoms with van der Waals surface area (Å²) in [6.45, 7) is 3.92. The maximum absolute atomic E-state index is 12.9. The van der Waals surface area contributed by atoms with E-state index in [2.05, 4.69) is 6.92 Å². The van der Waals surface area contributed by atoms with E-state index in [1.54, 1.807) is 0 Å². The molecule has 2 unspecified atom stereocenters. The molecule has 0 heterocycles. The molecule has 0 aromatic rings. The summed E-state index contributed by atoms with van der Waals surface area (Å²) in [5, 5.41) is 0. The molecule has 19 heavy (non-hydrogen) atoms. The molecule has 3 nitrogen and oxygen atoms in total. The number of nitrogens with zero attached hydrogens (tertiary/aromatic N) is 1. The van der Waals surface area contributed by atoms with Gasteiger partial charge in [0.05, 0.1) is 5.41 Å². The van der Waals surface area contributed by atoms with Crippen LogP contribution in [0.1, 0.15) is 51.9 Å². The van der Waals surface area contributed by atoms with E-state index in [0.717, 1.165) is 44.1 Å². The van der Waals surface area contributed by atoms with Crippen LogP contribution in [0.25, 0.3) is 0 Å². The molecule has 0 radical (unpaired) electrons. The highest BCUT2D eigenvalue weighted by molar-refractivity contribution is 5.83. The average Bonchev–Trinajstić information content (AvgIpc) is 2.32. The lowest BCUT2D eigenvalue weighted by atomic mass is 9.44. The summed E-state index contributed by atoms with van der Waals surface area (Å²) in [6.07, 6.45) is 8.49. The Labute approximate surface area is 116 Å². The van der Waals surface area contributed by atoms with E-state index in [1.807, 2.05) is 11.9 Å². The number of amides is 1. The van der Waals surface area contributed by atoms with Crippen LogP contribution in [0.3, 0.4) is 0 Å². The summed E-state index contributed by atoms with van der Waals surface area (Å²) in [7, 11) is 1.97. The van der Waals surface area contributed by atoms with Gasteiger partial charge < -0.3 is 10.6 Å². The highest BCUT2D eigenvalue weighted by Gasteiger charge is 2.59. The predicted molar refractivity (Wildman–Crippen MR) is 76.5 cm³/mol. The zero-order valence-corrected chi connectivity index (χ0v) is 12.5. The van der Waals surface area contributed by atoms with Crippen molar-refractivity contribution in [1.82, 2.24) is 4.90 Å². The van der Waals surface area contributed by atoms with Gasteiger partial charge in [0.1, 0.15) is 0 Å². The predicted octanol–water partition coefficient (Wildman–Crippen LogP) is 2.40. The van der Waals surface area contributed by atoms with Crippen LogP contribution in [-0.4, -0.2) is 30.9 Å². The number of hydrogen-bond acceptors (Lipinski definition) is 2. The molecule has 4 fully saturated rings. The van der Waals surface area contributed by atoms with Crippen molar-refractivity contribution in [1.29, 1.82) is 0 Å². The fourth-order valence-corrected chi connectivity index (χ4v) is 5.81. The standard InChI is InChI=1S/C16H28N2O/c1-15-7-12-6-13(8-15)10-16(9-12,11-15)14(19)18(2)5-3-4-17/h12-13H,3-11,17H2,1-2H3. The second-order valence-electron chi connectivity index (χ2n) is 7.92. The van der Waals surface area contributed by atoms with E-state index in [-0.39, 0.29) is 5.41 Å². The minimum absolute atomic E-state index is 0.0117. The van der Waals surface area contributed by atoms with Gasteiger partial charge in [0.2, 0.25) is 5.91 Å². The average molecular weight is 264 g/mol. The van der Waals surface area contributed by atoms with Gasteiger partial charge >= 0.3 is 0 Å². The summed E-state index contributed by atoms with van der Waals surface area (Å²) in [5.74, 6) is 2.05. The fourth-order valence-electron chi connectivity index (χ4n) is 5.81. The van der Waals surface area contributed by atoms with E-state index in [1.165, 1.54) is 19.3 Å². The first kappa shape index (κ1) is 13.4. The molecule has 2 N–H and O–H groups in total. The van der Waals surface area contributed by atoms with E-state index in [9.17, 15) is 4.79 Å². The normalized spacial score (nSPS) is 43.5. The molecule has 4 rings (SSSR count). The molecular formula is C16H28N2O. The molecule has 4 aliphatic carbocycles. The SMILES string of the molecule is CN(CCCN)C(=O)C12CC3CC(CC(C)(C3)C1)C2. The van der Waals surface area contributed by atoms with Crippen molar-refractivity contribution in [3.05, 3.63) is 0 Å². The maximum Gasteiger partial charge on any atom is 0.228 e. The molecule has 4 saturated carbocycles. The Morgan fingerprint density at radius 1 is 1.26 bits per heavy atom. The van der Waals surface area contributed by atoms with Crippen LogP contribution in [0.5, 0.6) is 0 Å². The van der Waals surface area contributed by atoms with Crippen LogP contribution in [0.2, 0.25) is 0 Å². The Balaban J connectivity index is 1.78. The Kier molecular flexibility index (Phi) is 3.16. The lowest BCUT2D eigenvalue weighted by molar-refractivity contribution is -0.164. The lowest BCUT2D eigenvalue weighted by Gasteiger charge is -2.61. The molecule has 4 bridgehead atoms. The molecule has 0 spiro atoms. The molecule has 0 aliphatic heterocycles. The minimum atomic E-state index is -0.0117.